The summed E-state index contributed by atoms with van der Waals surface area (Å²) >= 11 is 0. The van der Waals surface area contributed by atoms with Gasteiger partial charge in [0.25, 0.3) is 0 Å². The van der Waals surface area contributed by atoms with Gasteiger partial charge < -0.3 is 5.32 Å². The molecular formula is C17H36N2. The second kappa shape index (κ2) is 7.08. The maximum absolute atomic E-state index is 3.79. The number of likely N-dealkylation sites (N-methyl/N-ethyl adjacent to an activating group) is 1. The van der Waals surface area contributed by atoms with Crippen molar-refractivity contribution in [2.24, 2.45) is 11.3 Å². The topological polar surface area (TPSA) is 15.3 Å². The van der Waals surface area contributed by atoms with Crippen molar-refractivity contribution in [3.8, 4) is 0 Å². The molecule has 2 atom stereocenters. The Bertz CT molecular complexity index is 258. The lowest BCUT2D eigenvalue weighted by molar-refractivity contribution is 0.0248. The lowest BCUT2D eigenvalue weighted by Crippen LogP contribution is -2.60. The van der Waals surface area contributed by atoms with E-state index in [1.54, 1.807) is 0 Å². The van der Waals surface area contributed by atoms with E-state index >= 15 is 0 Å². The third-order valence-corrected chi connectivity index (χ3v) is 4.64. The zero-order valence-corrected chi connectivity index (χ0v) is 14.3. The molecule has 2 nitrogen and oxygen atoms in total. The predicted molar refractivity (Wildman–Crippen MR) is 85.6 cm³/mol. The highest BCUT2D eigenvalue weighted by Crippen LogP contribution is 2.38. The van der Waals surface area contributed by atoms with Crippen LogP contribution in [0.5, 0.6) is 0 Å². The van der Waals surface area contributed by atoms with Gasteiger partial charge in [0.05, 0.1) is 0 Å². The van der Waals surface area contributed by atoms with Gasteiger partial charge in [0.1, 0.15) is 0 Å². The zero-order valence-electron chi connectivity index (χ0n) is 14.3. The molecular weight excluding hydrogens is 232 g/mol. The highest BCUT2D eigenvalue weighted by atomic mass is 15.2. The smallest absolute Gasteiger partial charge is 0.0274 e. The van der Waals surface area contributed by atoms with E-state index in [-0.39, 0.29) is 0 Å². The summed E-state index contributed by atoms with van der Waals surface area (Å²) in [6, 6.07) is 1.97. The Balaban J connectivity index is 2.90. The van der Waals surface area contributed by atoms with Gasteiger partial charge in [0, 0.05) is 24.7 Å². The third kappa shape index (κ3) is 4.46. The molecule has 0 heterocycles. The molecule has 0 aromatic heterocycles. The second-order valence-corrected chi connectivity index (χ2v) is 7.67. The van der Waals surface area contributed by atoms with Gasteiger partial charge in [-0.15, -0.1) is 0 Å². The number of nitrogens with one attached hydrogen (secondary N) is 1. The molecule has 0 saturated heterocycles. The largest absolute Gasteiger partial charge is 0.312 e. The highest BCUT2D eigenvalue weighted by Gasteiger charge is 2.41. The molecule has 2 unspecified atom stereocenters. The van der Waals surface area contributed by atoms with Gasteiger partial charge in [-0.25, -0.2) is 0 Å². The maximum Gasteiger partial charge on any atom is 0.0274 e. The van der Waals surface area contributed by atoms with Crippen molar-refractivity contribution < 1.29 is 0 Å². The summed E-state index contributed by atoms with van der Waals surface area (Å²) in [4.78, 5) is 2.75. The summed E-state index contributed by atoms with van der Waals surface area (Å²) in [6.45, 7) is 18.8. The van der Waals surface area contributed by atoms with E-state index in [1.807, 2.05) is 0 Å². The zero-order chi connectivity index (χ0) is 14.6. The lowest BCUT2D eigenvalue weighted by atomic mass is 9.70. The van der Waals surface area contributed by atoms with E-state index in [0.717, 1.165) is 12.5 Å². The lowest BCUT2D eigenvalue weighted by Gasteiger charge is -2.50. The first-order chi connectivity index (χ1) is 8.79. The van der Waals surface area contributed by atoms with E-state index < -0.39 is 0 Å². The van der Waals surface area contributed by atoms with Crippen molar-refractivity contribution >= 4 is 0 Å². The number of nitrogens with zero attached hydrogens (tertiary/aromatic N) is 1. The fraction of sp³-hybridized carbons (Fsp3) is 1.00. The van der Waals surface area contributed by atoms with Crippen LogP contribution in [-0.4, -0.2) is 36.1 Å². The predicted octanol–water partition coefficient (Wildman–Crippen LogP) is 3.91. The Morgan fingerprint density at radius 1 is 1.21 bits per heavy atom. The molecule has 1 rings (SSSR count). The van der Waals surface area contributed by atoms with Crippen molar-refractivity contribution in [2.45, 2.75) is 85.9 Å². The normalized spacial score (nSPS) is 27.5. The second-order valence-electron chi connectivity index (χ2n) is 7.67. The number of hydrogen-bond acceptors (Lipinski definition) is 2. The molecule has 2 heteroatoms. The standard InChI is InChI=1S/C17H36N2/c1-8-18-16-15(10-9-11-17(16,6)7)19(14(4)5)12-13(2)3/h13-16,18H,8-12H2,1-7H3. The van der Waals surface area contributed by atoms with Crippen molar-refractivity contribution in [2.75, 3.05) is 13.1 Å². The van der Waals surface area contributed by atoms with Gasteiger partial charge in [-0.3, -0.25) is 4.90 Å². The first-order valence-corrected chi connectivity index (χ1v) is 8.28. The van der Waals surface area contributed by atoms with Crippen molar-refractivity contribution in [1.82, 2.24) is 10.2 Å². The Morgan fingerprint density at radius 3 is 2.32 bits per heavy atom. The third-order valence-electron chi connectivity index (χ3n) is 4.64. The molecule has 0 aromatic rings. The van der Waals surface area contributed by atoms with Crippen LogP contribution in [0.15, 0.2) is 0 Å². The van der Waals surface area contributed by atoms with Crippen LogP contribution in [-0.2, 0) is 0 Å². The molecule has 0 amide bonds. The van der Waals surface area contributed by atoms with Gasteiger partial charge >= 0.3 is 0 Å². The highest BCUT2D eigenvalue weighted by molar-refractivity contribution is 4.98. The van der Waals surface area contributed by atoms with Crippen LogP contribution in [0.25, 0.3) is 0 Å². The Kier molecular flexibility index (Phi) is 6.32. The van der Waals surface area contributed by atoms with Crippen molar-refractivity contribution in [1.29, 1.82) is 0 Å². The van der Waals surface area contributed by atoms with Crippen LogP contribution in [0.4, 0.5) is 0 Å². The van der Waals surface area contributed by atoms with Gasteiger partial charge in [-0.2, -0.15) is 0 Å². The minimum Gasteiger partial charge on any atom is -0.312 e. The SMILES string of the molecule is CCNC1C(N(CC(C)C)C(C)C)CCCC1(C)C. The van der Waals surface area contributed by atoms with Crippen LogP contribution >= 0.6 is 0 Å². The minimum atomic E-state index is 0.420. The fourth-order valence-corrected chi connectivity index (χ4v) is 3.75. The van der Waals surface area contributed by atoms with E-state index in [2.05, 4.69) is 58.7 Å². The molecule has 0 aromatic carbocycles. The first-order valence-electron chi connectivity index (χ1n) is 8.28. The van der Waals surface area contributed by atoms with Crippen LogP contribution in [0, 0.1) is 11.3 Å². The molecule has 114 valence electrons. The van der Waals surface area contributed by atoms with Crippen LogP contribution in [0.1, 0.15) is 67.7 Å². The Morgan fingerprint density at radius 2 is 1.84 bits per heavy atom. The molecule has 0 radical (unpaired) electrons. The van der Waals surface area contributed by atoms with Crippen LogP contribution in [0.3, 0.4) is 0 Å². The van der Waals surface area contributed by atoms with Crippen molar-refractivity contribution in [3.63, 3.8) is 0 Å². The number of rotatable bonds is 6. The average Bonchev–Trinajstić information content (AvgIpc) is 2.28. The molecule has 1 N–H and O–H groups in total. The van der Waals surface area contributed by atoms with E-state index in [4.69, 9.17) is 0 Å². The summed E-state index contributed by atoms with van der Waals surface area (Å²) in [7, 11) is 0. The monoisotopic (exact) mass is 268 g/mol. The number of hydrogen-bond donors (Lipinski definition) is 1. The van der Waals surface area contributed by atoms with Gasteiger partial charge in [-0.1, -0.05) is 41.0 Å². The fourth-order valence-electron chi connectivity index (χ4n) is 3.75. The molecule has 1 aliphatic rings. The molecule has 1 saturated carbocycles. The van der Waals surface area contributed by atoms with E-state index in [9.17, 15) is 0 Å². The maximum atomic E-state index is 3.79. The summed E-state index contributed by atoms with van der Waals surface area (Å²) in [6.07, 6.45) is 4.08. The van der Waals surface area contributed by atoms with Gasteiger partial charge in [0.15, 0.2) is 0 Å². The summed E-state index contributed by atoms with van der Waals surface area (Å²) < 4.78 is 0. The Labute approximate surface area is 121 Å². The Hall–Kier alpha value is -0.0800. The molecule has 0 aliphatic heterocycles. The van der Waals surface area contributed by atoms with Crippen molar-refractivity contribution in [3.05, 3.63) is 0 Å². The van der Waals surface area contributed by atoms with Gasteiger partial charge in [-0.05, 0) is 44.6 Å². The van der Waals surface area contributed by atoms with E-state index in [0.29, 0.717) is 23.5 Å². The molecule has 0 spiro atoms. The summed E-state index contributed by atoms with van der Waals surface area (Å²) in [5.74, 6) is 0.745. The van der Waals surface area contributed by atoms with Crippen LogP contribution < -0.4 is 5.32 Å². The molecule has 1 aliphatic carbocycles. The quantitative estimate of drug-likeness (QED) is 0.786. The summed E-state index contributed by atoms with van der Waals surface area (Å²) in [5.41, 5.74) is 0.420. The van der Waals surface area contributed by atoms with Crippen LogP contribution in [0.2, 0.25) is 0 Å². The van der Waals surface area contributed by atoms with E-state index in [1.165, 1.54) is 25.8 Å². The summed E-state index contributed by atoms with van der Waals surface area (Å²) in [5, 5.41) is 3.79. The minimum absolute atomic E-state index is 0.420. The molecule has 1 fully saturated rings. The molecule has 0 bridgehead atoms. The first kappa shape index (κ1) is 17.0. The molecule has 19 heavy (non-hydrogen) atoms. The van der Waals surface area contributed by atoms with Gasteiger partial charge in [0.2, 0.25) is 0 Å². The average molecular weight is 268 g/mol.